The van der Waals surface area contributed by atoms with Gasteiger partial charge in [-0.1, -0.05) is 17.7 Å². The van der Waals surface area contributed by atoms with Crippen molar-refractivity contribution in [3.8, 4) is 0 Å². The summed E-state index contributed by atoms with van der Waals surface area (Å²) in [6.07, 6.45) is 5.14. The maximum atomic E-state index is 12.9. The Morgan fingerprint density at radius 2 is 1.86 bits per heavy atom. The summed E-state index contributed by atoms with van der Waals surface area (Å²) >= 11 is 6.64. The van der Waals surface area contributed by atoms with Crippen LogP contribution in [0.3, 0.4) is 0 Å². The van der Waals surface area contributed by atoms with Gasteiger partial charge in [-0.2, -0.15) is 9.78 Å². The number of halogens is 1. The van der Waals surface area contributed by atoms with Crippen molar-refractivity contribution in [1.29, 1.82) is 0 Å². The predicted molar refractivity (Wildman–Crippen MR) is 135 cm³/mol. The summed E-state index contributed by atoms with van der Waals surface area (Å²) in [6, 6.07) is 6.27. The second-order valence-corrected chi connectivity index (χ2v) is 10.4. The molecule has 9 nitrogen and oxygen atoms in total. The number of morpholine rings is 1. The van der Waals surface area contributed by atoms with E-state index in [0.717, 1.165) is 88.1 Å². The molecule has 188 valence electrons. The molecule has 0 bridgehead atoms. The fourth-order valence-electron chi connectivity index (χ4n) is 5.34. The third-order valence-electron chi connectivity index (χ3n) is 7.64. The highest BCUT2D eigenvalue weighted by atomic mass is 35.5. The smallest absolute Gasteiger partial charge is 0.344 e. The maximum Gasteiger partial charge on any atom is 0.344 e. The second-order valence-electron chi connectivity index (χ2n) is 10.0. The van der Waals surface area contributed by atoms with Crippen LogP contribution in [0, 0.1) is 5.41 Å². The third-order valence-corrected chi connectivity index (χ3v) is 8.00. The third kappa shape index (κ3) is 5.03. The van der Waals surface area contributed by atoms with Crippen molar-refractivity contribution in [1.82, 2.24) is 19.6 Å². The van der Waals surface area contributed by atoms with E-state index in [9.17, 15) is 9.59 Å². The molecule has 2 aromatic rings. The van der Waals surface area contributed by atoms with Gasteiger partial charge in [0.05, 0.1) is 31.3 Å². The van der Waals surface area contributed by atoms with Crippen LogP contribution in [0.4, 0.5) is 16.2 Å². The van der Waals surface area contributed by atoms with E-state index < -0.39 is 0 Å². The van der Waals surface area contributed by atoms with E-state index in [1.54, 1.807) is 19.4 Å². The van der Waals surface area contributed by atoms with E-state index >= 15 is 0 Å². The van der Waals surface area contributed by atoms with E-state index in [0.29, 0.717) is 5.69 Å². The van der Waals surface area contributed by atoms with Crippen molar-refractivity contribution < 1.29 is 14.3 Å². The topological polar surface area (TPSA) is 74.2 Å². The lowest BCUT2D eigenvalue weighted by Crippen LogP contribution is -2.60. The van der Waals surface area contributed by atoms with E-state index in [1.165, 1.54) is 16.5 Å². The Kier molecular flexibility index (Phi) is 6.74. The molecular formula is C25H33ClN6O3. The fourth-order valence-corrected chi connectivity index (χ4v) is 5.58. The van der Waals surface area contributed by atoms with Crippen molar-refractivity contribution in [2.24, 2.45) is 5.41 Å². The largest absolute Gasteiger partial charge is 0.378 e. The molecule has 0 atom stereocenters. The number of carbonyl (C=O) groups is 2. The Balaban J connectivity index is 1.11. The Bertz CT molecular complexity index is 1080. The van der Waals surface area contributed by atoms with Crippen LogP contribution in [0.1, 0.15) is 25.3 Å². The summed E-state index contributed by atoms with van der Waals surface area (Å²) < 4.78 is 6.78. The SMILES string of the molecule is CC(=O)N(C)c1cnn(C(=O)N2CCC3(CC2)CN(Cc2ccc(N4CCOCC4)cc2Cl)C3)c1. The maximum absolute atomic E-state index is 12.9. The van der Waals surface area contributed by atoms with Gasteiger partial charge in [0.15, 0.2) is 0 Å². The number of likely N-dealkylation sites (tertiary alicyclic amines) is 2. The first-order chi connectivity index (χ1) is 16.8. The molecule has 2 amide bonds. The van der Waals surface area contributed by atoms with Crippen LogP contribution in [0.15, 0.2) is 30.6 Å². The summed E-state index contributed by atoms with van der Waals surface area (Å²) in [7, 11) is 1.67. The van der Waals surface area contributed by atoms with E-state index in [-0.39, 0.29) is 17.4 Å². The minimum Gasteiger partial charge on any atom is -0.378 e. The van der Waals surface area contributed by atoms with Crippen molar-refractivity contribution in [3.05, 3.63) is 41.2 Å². The molecule has 1 aromatic carbocycles. The number of anilines is 2. The number of carbonyl (C=O) groups excluding carboxylic acids is 2. The van der Waals surface area contributed by atoms with Gasteiger partial charge in [0.25, 0.3) is 0 Å². The Morgan fingerprint density at radius 1 is 1.14 bits per heavy atom. The summed E-state index contributed by atoms with van der Waals surface area (Å²) in [5, 5.41) is 4.99. The van der Waals surface area contributed by atoms with Gasteiger partial charge in [-0.25, -0.2) is 4.79 Å². The zero-order valence-electron chi connectivity index (χ0n) is 20.5. The molecule has 0 aliphatic carbocycles. The van der Waals surface area contributed by atoms with Crippen LogP contribution in [0.25, 0.3) is 0 Å². The van der Waals surface area contributed by atoms with Gasteiger partial charge in [0, 0.05) is 70.5 Å². The van der Waals surface area contributed by atoms with Gasteiger partial charge in [0.1, 0.15) is 0 Å². The highest BCUT2D eigenvalue weighted by molar-refractivity contribution is 6.31. The summed E-state index contributed by atoms with van der Waals surface area (Å²) in [5.74, 6) is -0.0965. The first-order valence-electron chi connectivity index (χ1n) is 12.3. The number of benzene rings is 1. The summed E-state index contributed by atoms with van der Waals surface area (Å²) in [4.78, 5) is 32.6. The van der Waals surface area contributed by atoms with Crippen molar-refractivity contribution in [2.75, 3.05) is 69.3 Å². The van der Waals surface area contributed by atoms with Crippen LogP contribution >= 0.6 is 11.6 Å². The number of nitrogens with zero attached hydrogens (tertiary/aromatic N) is 6. The molecular weight excluding hydrogens is 468 g/mol. The standard InChI is InChI=1S/C25H33ClN6O3/c1-19(33)28(2)22-14-27-32(16-22)24(34)31-7-5-25(6-8-31)17-29(18-25)15-20-3-4-21(13-23(20)26)30-9-11-35-12-10-30/h3-4,13-14,16H,5-12,15,17-18H2,1-2H3. The zero-order chi connectivity index (χ0) is 24.6. The number of ether oxygens (including phenoxy) is 1. The Morgan fingerprint density at radius 3 is 2.51 bits per heavy atom. The van der Waals surface area contributed by atoms with Crippen LogP contribution in [0.2, 0.25) is 5.02 Å². The monoisotopic (exact) mass is 500 g/mol. The molecule has 0 N–H and O–H groups in total. The zero-order valence-corrected chi connectivity index (χ0v) is 21.2. The number of piperidine rings is 1. The van der Waals surface area contributed by atoms with Gasteiger partial charge in [-0.05, 0) is 36.0 Å². The molecule has 3 saturated heterocycles. The number of hydrogen-bond donors (Lipinski definition) is 0. The second kappa shape index (κ2) is 9.79. The van der Waals surface area contributed by atoms with Crippen molar-refractivity contribution >= 4 is 34.9 Å². The van der Waals surface area contributed by atoms with E-state index in [1.807, 2.05) is 4.90 Å². The lowest BCUT2D eigenvalue weighted by molar-refractivity contribution is -0.116. The molecule has 5 rings (SSSR count). The minimum absolute atomic E-state index is 0.0965. The highest BCUT2D eigenvalue weighted by Crippen LogP contribution is 2.41. The van der Waals surface area contributed by atoms with Crippen LogP contribution in [-0.4, -0.2) is 91.0 Å². The molecule has 3 aliphatic rings. The average Bonchev–Trinajstić information content (AvgIpc) is 3.34. The number of hydrogen-bond acceptors (Lipinski definition) is 6. The first-order valence-corrected chi connectivity index (χ1v) is 12.6. The Labute approximate surface area is 211 Å². The molecule has 1 aromatic heterocycles. The molecule has 1 spiro atoms. The molecule has 0 saturated carbocycles. The number of amides is 2. The molecule has 10 heteroatoms. The molecule has 0 unspecified atom stereocenters. The number of aromatic nitrogens is 2. The minimum atomic E-state index is -0.133. The predicted octanol–water partition coefficient (Wildman–Crippen LogP) is 2.92. The quantitative estimate of drug-likeness (QED) is 0.642. The summed E-state index contributed by atoms with van der Waals surface area (Å²) in [5.41, 5.74) is 3.22. The lowest BCUT2D eigenvalue weighted by atomic mass is 9.72. The lowest BCUT2D eigenvalue weighted by Gasteiger charge is -2.54. The normalized spacial score (nSPS) is 20.1. The van der Waals surface area contributed by atoms with Gasteiger partial charge < -0.3 is 19.4 Å². The molecule has 35 heavy (non-hydrogen) atoms. The molecule has 0 radical (unpaired) electrons. The van der Waals surface area contributed by atoms with Gasteiger partial charge in [0.2, 0.25) is 5.91 Å². The van der Waals surface area contributed by atoms with E-state index in [2.05, 4.69) is 33.1 Å². The van der Waals surface area contributed by atoms with Crippen molar-refractivity contribution in [3.63, 3.8) is 0 Å². The van der Waals surface area contributed by atoms with Crippen LogP contribution in [0.5, 0.6) is 0 Å². The van der Waals surface area contributed by atoms with E-state index in [4.69, 9.17) is 16.3 Å². The molecule has 3 aliphatic heterocycles. The van der Waals surface area contributed by atoms with Crippen LogP contribution < -0.4 is 9.80 Å². The van der Waals surface area contributed by atoms with Gasteiger partial charge >= 0.3 is 6.03 Å². The molecule has 3 fully saturated rings. The Hall–Kier alpha value is -2.62. The molecule has 4 heterocycles. The highest BCUT2D eigenvalue weighted by Gasteiger charge is 2.45. The fraction of sp³-hybridized carbons (Fsp3) is 0.560. The van der Waals surface area contributed by atoms with Gasteiger partial charge in [-0.15, -0.1) is 0 Å². The first kappa shape index (κ1) is 24.1. The average molecular weight is 501 g/mol. The van der Waals surface area contributed by atoms with Crippen LogP contribution in [-0.2, 0) is 16.1 Å². The number of rotatable bonds is 4. The van der Waals surface area contributed by atoms with Crippen molar-refractivity contribution in [2.45, 2.75) is 26.3 Å². The summed E-state index contributed by atoms with van der Waals surface area (Å²) in [6.45, 7) is 9.18. The van der Waals surface area contributed by atoms with Gasteiger partial charge in [-0.3, -0.25) is 9.69 Å².